The summed E-state index contributed by atoms with van der Waals surface area (Å²) in [6, 6.07) is 12.4. The Morgan fingerprint density at radius 2 is 2.00 bits per heavy atom. The Labute approximate surface area is 127 Å². The van der Waals surface area contributed by atoms with E-state index in [4.69, 9.17) is 9.15 Å². The Balaban J connectivity index is 1.76. The molecule has 0 aliphatic rings. The summed E-state index contributed by atoms with van der Waals surface area (Å²) in [6.07, 6.45) is 0. The second-order valence-corrected chi connectivity index (χ2v) is 4.83. The molecule has 0 aliphatic carbocycles. The van der Waals surface area contributed by atoms with Crippen LogP contribution in [0.5, 0.6) is 5.75 Å². The van der Waals surface area contributed by atoms with Crippen LogP contribution >= 0.6 is 0 Å². The van der Waals surface area contributed by atoms with Crippen molar-refractivity contribution in [3.8, 4) is 5.75 Å². The highest BCUT2D eigenvalue weighted by molar-refractivity contribution is 6.04. The summed E-state index contributed by atoms with van der Waals surface area (Å²) in [7, 11) is 0. The zero-order valence-electron chi connectivity index (χ0n) is 12.4. The number of aromatic nitrogens is 1. The number of benzene rings is 2. The quantitative estimate of drug-likeness (QED) is 0.795. The van der Waals surface area contributed by atoms with E-state index in [0.717, 1.165) is 11.3 Å². The molecule has 0 saturated carbocycles. The molecule has 1 heterocycles. The first-order chi connectivity index (χ1) is 10.7. The molecule has 2 aromatic carbocycles. The number of fused-ring (bicyclic) bond motifs is 1. The minimum Gasteiger partial charge on any atom is -0.494 e. The molecular formula is C17H16N2O3. The third-order valence-corrected chi connectivity index (χ3v) is 3.18. The molecule has 5 heteroatoms. The number of rotatable bonds is 4. The molecular weight excluding hydrogens is 280 g/mol. The van der Waals surface area contributed by atoms with Gasteiger partial charge in [0.2, 0.25) is 0 Å². The zero-order valence-corrected chi connectivity index (χ0v) is 12.4. The van der Waals surface area contributed by atoms with Crippen molar-refractivity contribution in [3.05, 3.63) is 53.9 Å². The number of ether oxygens (including phenoxy) is 1. The van der Waals surface area contributed by atoms with E-state index >= 15 is 0 Å². The van der Waals surface area contributed by atoms with Crippen molar-refractivity contribution in [1.82, 2.24) is 4.98 Å². The summed E-state index contributed by atoms with van der Waals surface area (Å²) in [5, 5.41) is 2.85. The number of nitrogens with zero attached hydrogens (tertiary/aromatic N) is 1. The van der Waals surface area contributed by atoms with Gasteiger partial charge in [-0.05, 0) is 49.4 Å². The molecule has 3 rings (SSSR count). The summed E-state index contributed by atoms with van der Waals surface area (Å²) >= 11 is 0. The Bertz CT molecular complexity index is 806. The van der Waals surface area contributed by atoms with Gasteiger partial charge in [0, 0.05) is 18.2 Å². The molecule has 3 aromatic rings. The summed E-state index contributed by atoms with van der Waals surface area (Å²) in [5.41, 5.74) is 2.68. The fourth-order valence-electron chi connectivity index (χ4n) is 2.19. The highest BCUT2D eigenvalue weighted by Gasteiger charge is 2.08. The summed E-state index contributed by atoms with van der Waals surface area (Å²) in [6.45, 7) is 4.31. The van der Waals surface area contributed by atoms with Crippen molar-refractivity contribution in [3.63, 3.8) is 0 Å². The van der Waals surface area contributed by atoms with Crippen LogP contribution in [0.2, 0.25) is 0 Å². The Morgan fingerprint density at radius 3 is 2.73 bits per heavy atom. The number of carbonyl (C=O) groups is 1. The maximum absolute atomic E-state index is 12.2. The fraction of sp³-hybridized carbons (Fsp3) is 0.176. The standard InChI is InChI=1S/C17H16N2O3/c1-3-21-14-7-4-12(5-8-14)17(20)19-13-6-9-16-15(10-13)18-11(2)22-16/h4-10H,3H2,1-2H3,(H,19,20). The van der Waals surface area contributed by atoms with Crippen molar-refractivity contribution >= 4 is 22.7 Å². The first-order valence-electron chi connectivity index (χ1n) is 7.07. The molecule has 0 aliphatic heterocycles. The zero-order chi connectivity index (χ0) is 15.5. The van der Waals surface area contributed by atoms with Crippen LogP contribution in [0.1, 0.15) is 23.2 Å². The average molecular weight is 296 g/mol. The lowest BCUT2D eigenvalue weighted by Crippen LogP contribution is -2.11. The molecule has 5 nitrogen and oxygen atoms in total. The lowest BCUT2D eigenvalue weighted by atomic mass is 10.2. The predicted molar refractivity (Wildman–Crippen MR) is 84.3 cm³/mol. The van der Waals surface area contributed by atoms with Gasteiger partial charge in [-0.2, -0.15) is 0 Å². The van der Waals surface area contributed by atoms with Gasteiger partial charge in [-0.25, -0.2) is 4.98 Å². The topological polar surface area (TPSA) is 64.4 Å². The molecule has 112 valence electrons. The molecule has 0 bridgehead atoms. The number of oxazole rings is 1. The van der Waals surface area contributed by atoms with Crippen molar-refractivity contribution in [2.24, 2.45) is 0 Å². The normalized spacial score (nSPS) is 10.6. The van der Waals surface area contributed by atoms with Crippen LogP contribution in [-0.4, -0.2) is 17.5 Å². The predicted octanol–water partition coefficient (Wildman–Crippen LogP) is 3.79. The molecule has 0 unspecified atom stereocenters. The van der Waals surface area contributed by atoms with Crippen molar-refractivity contribution in [1.29, 1.82) is 0 Å². The van der Waals surface area contributed by atoms with E-state index in [1.165, 1.54) is 0 Å². The molecule has 0 radical (unpaired) electrons. The van der Waals surface area contributed by atoms with Crippen LogP contribution in [0, 0.1) is 6.92 Å². The maximum atomic E-state index is 12.2. The van der Waals surface area contributed by atoms with E-state index in [1.807, 2.05) is 6.92 Å². The molecule has 0 saturated heterocycles. The van der Waals surface area contributed by atoms with Crippen molar-refractivity contribution in [2.75, 3.05) is 11.9 Å². The molecule has 1 aromatic heterocycles. The lowest BCUT2D eigenvalue weighted by Gasteiger charge is -2.06. The van der Waals surface area contributed by atoms with E-state index in [2.05, 4.69) is 10.3 Å². The number of hydrogen-bond donors (Lipinski definition) is 1. The smallest absolute Gasteiger partial charge is 0.255 e. The minimum absolute atomic E-state index is 0.178. The largest absolute Gasteiger partial charge is 0.494 e. The number of hydrogen-bond acceptors (Lipinski definition) is 4. The Hall–Kier alpha value is -2.82. The third kappa shape index (κ3) is 2.93. The summed E-state index contributed by atoms with van der Waals surface area (Å²) in [4.78, 5) is 16.5. The first kappa shape index (κ1) is 14.1. The van der Waals surface area contributed by atoms with Gasteiger partial charge >= 0.3 is 0 Å². The van der Waals surface area contributed by atoms with E-state index in [-0.39, 0.29) is 5.91 Å². The second kappa shape index (κ2) is 5.89. The van der Waals surface area contributed by atoms with Gasteiger partial charge < -0.3 is 14.5 Å². The molecule has 1 amide bonds. The minimum atomic E-state index is -0.178. The highest BCUT2D eigenvalue weighted by Crippen LogP contribution is 2.20. The van der Waals surface area contributed by atoms with E-state index in [1.54, 1.807) is 49.4 Å². The van der Waals surface area contributed by atoms with Crippen LogP contribution in [0.25, 0.3) is 11.1 Å². The molecule has 0 spiro atoms. The third-order valence-electron chi connectivity index (χ3n) is 3.18. The van der Waals surface area contributed by atoms with Gasteiger partial charge in [-0.3, -0.25) is 4.79 Å². The highest BCUT2D eigenvalue weighted by atomic mass is 16.5. The van der Waals surface area contributed by atoms with Crippen LogP contribution in [0.15, 0.2) is 46.9 Å². The van der Waals surface area contributed by atoms with Gasteiger partial charge in [0.1, 0.15) is 11.3 Å². The van der Waals surface area contributed by atoms with Crippen molar-refractivity contribution in [2.45, 2.75) is 13.8 Å². The van der Waals surface area contributed by atoms with Gasteiger partial charge in [0.25, 0.3) is 5.91 Å². The van der Waals surface area contributed by atoms with Gasteiger partial charge in [0.05, 0.1) is 6.61 Å². The summed E-state index contributed by atoms with van der Waals surface area (Å²) < 4.78 is 10.8. The monoisotopic (exact) mass is 296 g/mol. The lowest BCUT2D eigenvalue weighted by molar-refractivity contribution is 0.102. The Morgan fingerprint density at radius 1 is 1.23 bits per heavy atom. The van der Waals surface area contributed by atoms with Crippen LogP contribution < -0.4 is 10.1 Å². The maximum Gasteiger partial charge on any atom is 0.255 e. The first-order valence-corrected chi connectivity index (χ1v) is 7.07. The Kier molecular flexibility index (Phi) is 3.78. The molecule has 22 heavy (non-hydrogen) atoms. The molecule has 1 N–H and O–H groups in total. The van der Waals surface area contributed by atoms with Gasteiger partial charge in [-0.15, -0.1) is 0 Å². The van der Waals surface area contributed by atoms with Crippen LogP contribution in [0.3, 0.4) is 0 Å². The van der Waals surface area contributed by atoms with E-state index < -0.39 is 0 Å². The van der Waals surface area contributed by atoms with Crippen LogP contribution in [0.4, 0.5) is 5.69 Å². The SMILES string of the molecule is CCOc1ccc(C(=O)Nc2ccc3oc(C)nc3c2)cc1. The average Bonchev–Trinajstić information content (AvgIpc) is 2.87. The van der Waals surface area contributed by atoms with E-state index in [0.29, 0.717) is 29.3 Å². The number of carbonyl (C=O) groups excluding carboxylic acids is 1. The van der Waals surface area contributed by atoms with Crippen LogP contribution in [-0.2, 0) is 0 Å². The fourth-order valence-corrected chi connectivity index (χ4v) is 2.19. The molecule has 0 fully saturated rings. The van der Waals surface area contributed by atoms with Gasteiger partial charge in [0.15, 0.2) is 11.5 Å². The number of anilines is 1. The summed E-state index contributed by atoms with van der Waals surface area (Å²) in [5.74, 6) is 1.17. The number of aryl methyl sites for hydroxylation is 1. The van der Waals surface area contributed by atoms with Gasteiger partial charge in [-0.1, -0.05) is 0 Å². The van der Waals surface area contributed by atoms with E-state index in [9.17, 15) is 4.79 Å². The van der Waals surface area contributed by atoms with Crippen molar-refractivity contribution < 1.29 is 13.9 Å². The number of amides is 1. The number of nitrogens with one attached hydrogen (secondary N) is 1. The molecule has 0 atom stereocenters. The second-order valence-electron chi connectivity index (χ2n) is 4.83.